The molecule has 110 valence electrons. The molecule has 3 rings (SSSR count). The van der Waals surface area contributed by atoms with Crippen LogP contribution in [0.4, 0.5) is 0 Å². The number of benzene rings is 1. The van der Waals surface area contributed by atoms with Crippen molar-refractivity contribution in [3.05, 3.63) is 36.0 Å². The number of amides is 2. The van der Waals surface area contributed by atoms with Crippen LogP contribution in [0.5, 0.6) is 0 Å². The fourth-order valence-electron chi connectivity index (χ4n) is 2.57. The molecule has 6 heteroatoms. The van der Waals surface area contributed by atoms with Gasteiger partial charge in [-0.3, -0.25) is 9.59 Å². The minimum absolute atomic E-state index is 0.141. The second-order valence-corrected chi connectivity index (χ2v) is 5.15. The number of carbonyl (C=O) groups excluding carboxylic acids is 2. The summed E-state index contributed by atoms with van der Waals surface area (Å²) in [6.07, 6.45) is 2.73. The van der Waals surface area contributed by atoms with Crippen LogP contribution in [0.2, 0.25) is 0 Å². The van der Waals surface area contributed by atoms with Gasteiger partial charge in [0.15, 0.2) is 0 Å². The maximum atomic E-state index is 12.0. The van der Waals surface area contributed by atoms with E-state index in [-0.39, 0.29) is 18.4 Å². The van der Waals surface area contributed by atoms with Crippen LogP contribution in [0, 0.1) is 0 Å². The number of aromatic amines is 1. The van der Waals surface area contributed by atoms with Gasteiger partial charge in [0.25, 0.3) is 0 Å². The lowest BCUT2D eigenvalue weighted by atomic mass is 10.1. The molecule has 0 aliphatic carbocycles. The van der Waals surface area contributed by atoms with E-state index in [1.165, 1.54) is 10.9 Å². The fraction of sp³-hybridized carbons (Fsp3) is 0.333. The largest absolute Gasteiger partial charge is 0.361 e. The molecular formula is C15H18N4O2. The summed E-state index contributed by atoms with van der Waals surface area (Å²) in [5.41, 5.74) is 2.28. The summed E-state index contributed by atoms with van der Waals surface area (Å²) in [5, 5.41) is 9.63. The molecule has 1 atom stereocenters. The number of hydrogen-bond donors (Lipinski definition) is 4. The highest BCUT2D eigenvalue weighted by atomic mass is 16.2. The Bertz CT molecular complexity index is 664. The molecule has 1 aliphatic rings. The molecule has 2 aromatic rings. The van der Waals surface area contributed by atoms with Gasteiger partial charge in [0.2, 0.25) is 11.8 Å². The third-order valence-electron chi connectivity index (χ3n) is 3.65. The Morgan fingerprint density at radius 3 is 3.05 bits per heavy atom. The lowest BCUT2D eigenvalue weighted by Gasteiger charge is -2.23. The molecule has 1 saturated heterocycles. The third kappa shape index (κ3) is 3.05. The van der Waals surface area contributed by atoms with Crippen LogP contribution in [0.3, 0.4) is 0 Å². The molecule has 1 aliphatic heterocycles. The van der Waals surface area contributed by atoms with E-state index in [0.29, 0.717) is 13.1 Å². The quantitative estimate of drug-likeness (QED) is 0.634. The van der Waals surface area contributed by atoms with Gasteiger partial charge < -0.3 is 20.9 Å². The average molecular weight is 286 g/mol. The minimum Gasteiger partial charge on any atom is -0.361 e. The molecular weight excluding hydrogens is 268 g/mol. The van der Waals surface area contributed by atoms with Gasteiger partial charge in [0, 0.05) is 30.2 Å². The number of fused-ring (bicyclic) bond motifs is 1. The first-order valence-corrected chi connectivity index (χ1v) is 7.07. The summed E-state index contributed by atoms with van der Waals surface area (Å²) in [4.78, 5) is 26.4. The average Bonchev–Trinajstić information content (AvgIpc) is 2.91. The van der Waals surface area contributed by atoms with Crippen LogP contribution in [-0.4, -0.2) is 42.5 Å². The van der Waals surface area contributed by atoms with Crippen LogP contribution < -0.4 is 16.0 Å². The van der Waals surface area contributed by atoms with Crippen LogP contribution in [0.15, 0.2) is 30.5 Å². The predicted octanol–water partition coefficient (Wildman–Crippen LogP) is -0.0854. The zero-order chi connectivity index (χ0) is 14.7. The highest BCUT2D eigenvalue weighted by molar-refractivity contribution is 5.89. The van der Waals surface area contributed by atoms with Crippen molar-refractivity contribution < 1.29 is 9.59 Å². The van der Waals surface area contributed by atoms with Gasteiger partial charge in [0.05, 0.1) is 6.54 Å². The van der Waals surface area contributed by atoms with E-state index in [2.05, 4.69) is 27.0 Å². The Morgan fingerprint density at radius 1 is 1.33 bits per heavy atom. The number of H-pyrrole nitrogens is 1. The molecule has 0 radical (unpaired) electrons. The summed E-state index contributed by atoms with van der Waals surface area (Å²) in [7, 11) is 0. The van der Waals surface area contributed by atoms with E-state index < -0.39 is 6.04 Å². The summed E-state index contributed by atoms with van der Waals surface area (Å²) < 4.78 is 0. The van der Waals surface area contributed by atoms with Crippen molar-refractivity contribution in [2.24, 2.45) is 0 Å². The molecule has 21 heavy (non-hydrogen) atoms. The number of aromatic nitrogens is 1. The highest BCUT2D eigenvalue weighted by Crippen LogP contribution is 2.17. The van der Waals surface area contributed by atoms with Gasteiger partial charge in [-0.25, -0.2) is 0 Å². The molecule has 4 N–H and O–H groups in total. The first-order valence-electron chi connectivity index (χ1n) is 7.07. The Labute approximate surface area is 122 Å². The number of nitrogens with one attached hydrogen (secondary N) is 4. The Morgan fingerprint density at radius 2 is 2.19 bits per heavy atom. The fourth-order valence-corrected chi connectivity index (χ4v) is 2.57. The van der Waals surface area contributed by atoms with Crippen molar-refractivity contribution in [3.8, 4) is 0 Å². The van der Waals surface area contributed by atoms with Crippen LogP contribution in [-0.2, 0) is 16.0 Å². The van der Waals surface area contributed by atoms with Crippen molar-refractivity contribution in [3.63, 3.8) is 0 Å². The second-order valence-electron chi connectivity index (χ2n) is 5.15. The second kappa shape index (κ2) is 5.97. The maximum Gasteiger partial charge on any atom is 0.243 e. The van der Waals surface area contributed by atoms with Crippen molar-refractivity contribution >= 4 is 22.7 Å². The third-order valence-corrected chi connectivity index (χ3v) is 3.65. The number of carbonyl (C=O) groups is 2. The van der Waals surface area contributed by atoms with Gasteiger partial charge in [-0.05, 0) is 18.1 Å². The molecule has 0 saturated carbocycles. The van der Waals surface area contributed by atoms with Gasteiger partial charge in [-0.15, -0.1) is 0 Å². The SMILES string of the molecule is O=C1CNCC(C(=O)NCCc2c[nH]c3ccccc23)N1. The molecule has 0 spiro atoms. The first kappa shape index (κ1) is 13.6. The Balaban J connectivity index is 1.54. The molecule has 1 aromatic heterocycles. The van der Waals surface area contributed by atoms with Gasteiger partial charge in [-0.1, -0.05) is 18.2 Å². The van der Waals surface area contributed by atoms with Gasteiger partial charge >= 0.3 is 0 Å². The van der Waals surface area contributed by atoms with E-state index in [9.17, 15) is 9.59 Å². The number of rotatable bonds is 4. The summed E-state index contributed by atoms with van der Waals surface area (Å²) in [5.74, 6) is -0.284. The highest BCUT2D eigenvalue weighted by Gasteiger charge is 2.23. The smallest absolute Gasteiger partial charge is 0.243 e. The van der Waals surface area contributed by atoms with E-state index in [4.69, 9.17) is 0 Å². The molecule has 2 amide bonds. The predicted molar refractivity (Wildman–Crippen MR) is 79.8 cm³/mol. The molecule has 6 nitrogen and oxygen atoms in total. The van der Waals surface area contributed by atoms with Crippen molar-refractivity contribution in [2.75, 3.05) is 19.6 Å². The summed E-state index contributed by atoms with van der Waals surface area (Å²) >= 11 is 0. The lowest BCUT2D eigenvalue weighted by molar-refractivity contribution is -0.130. The number of para-hydroxylation sites is 1. The van der Waals surface area contributed by atoms with Gasteiger partial charge in [0.1, 0.15) is 6.04 Å². The maximum absolute atomic E-state index is 12.0. The minimum atomic E-state index is -0.478. The first-order chi connectivity index (χ1) is 10.2. The Hall–Kier alpha value is -2.34. The van der Waals surface area contributed by atoms with E-state index in [1.54, 1.807) is 0 Å². The lowest BCUT2D eigenvalue weighted by Crippen LogP contribution is -2.58. The van der Waals surface area contributed by atoms with Crippen LogP contribution >= 0.6 is 0 Å². The number of hydrogen-bond acceptors (Lipinski definition) is 3. The summed E-state index contributed by atoms with van der Waals surface area (Å²) in [6.45, 7) is 1.30. The topological polar surface area (TPSA) is 86.0 Å². The monoisotopic (exact) mass is 286 g/mol. The number of piperazine rings is 1. The molecule has 1 unspecified atom stereocenters. The van der Waals surface area contributed by atoms with Crippen molar-refractivity contribution in [1.82, 2.24) is 20.9 Å². The summed E-state index contributed by atoms with van der Waals surface area (Å²) in [6, 6.07) is 7.61. The molecule has 1 fully saturated rings. The zero-order valence-corrected chi connectivity index (χ0v) is 11.6. The molecule has 2 heterocycles. The van der Waals surface area contributed by atoms with E-state index >= 15 is 0 Å². The zero-order valence-electron chi connectivity index (χ0n) is 11.6. The van der Waals surface area contributed by atoms with Crippen LogP contribution in [0.25, 0.3) is 10.9 Å². The molecule has 1 aromatic carbocycles. The van der Waals surface area contributed by atoms with Crippen molar-refractivity contribution in [2.45, 2.75) is 12.5 Å². The van der Waals surface area contributed by atoms with E-state index in [0.717, 1.165) is 11.9 Å². The van der Waals surface area contributed by atoms with E-state index in [1.807, 2.05) is 24.4 Å². The normalized spacial score (nSPS) is 18.5. The van der Waals surface area contributed by atoms with Crippen LogP contribution in [0.1, 0.15) is 5.56 Å². The van der Waals surface area contributed by atoms with Crippen molar-refractivity contribution in [1.29, 1.82) is 0 Å². The standard InChI is InChI=1S/C15H18N4O2/c20-14-9-16-8-13(19-14)15(21)17-6-5-10-7-18-12-4-2-1-3-11(10)12/h1-4,7,13,16,18H,5-6,8-9H2,(H,17,21)(H,19,20). The van der Waals surface area contributed by atoms with Gasteiger partial charge in [-0.2, -0.15) is 0 Å². The Kier molecular flexibility index (Phi) is 3.87. The molecule has 0 bridgehead atoms.